The number of rotatable bonds is 3. The second-order valence-corrected chi connectivity index (χ2v) is 7.94. The Morgan fingerprint density at radius 1 is 1.12 bits per heavy atom. The zero-order chi connectivity index (χ0) is 13.3. The summed E-state index contributed by atoms with van der Waals surface area (Å²) in [5.41, 5.74) is 8.70. The summed E-state index contributed by atoms with van der Waals surface area (Å²) in [4.78, 5) is 0. The van der Waals surface area contributed by atoms with Crippen molar-refractivity contribution < 1.29 is 4.43 Å². The van der Waals surface area contributed by atoms with E-state index in [1.807, 2.05) is 13.0 Å². The Bertz CT molecular complexity index is 394. The molecule has 0 fully saturated rings. The van der Waals surface area contributed by atoms with Gasteiger partial charge >= 0.3 is 0 Å². The molecule has 0 aliphatic heterocycles. The van der Waals surface area contributed by atoms with Crippen molar-refractivity contribution in [2.45, 2.75) is 52.2 Å². The first-order valence-corrected chi connectivity index (χ1v) is 6.84. The predicted molar refractivity (Wildman–Crippen MR) is 75.2 cm³/mol. The first kappa shape index (κ1) is 14.3. The standard InChI is InChI=1S/C14H23NOSi/c1-10-9-11(7-8-12(10)15)14(5,6)16-17-13(2,3)4/h7-9H,15H2,1-6H3. The SMILES string of the molecule is Cc1cc(C(C)(C)O[Si]C(C)(C)C)ccc1N. The molecule has 2 radical (unpaired) electrons. The molecule has 0 aromatic heterocycles. The van der Waals surface area contributed by atoms with Gasteiger partial charge in [0, 0.05) is 5.69 Å². The van der Waals surface area contributed by atoms with Crippen LogP contribution in [0.15, 0.2) is 18.2 Å². The van der Waals surface area contributed by atoms with Crippen LogP contribution in [0.1, 0.15) is 45.7 Å². The van der Waals surface area contributed by atoms with E-state index in [2.05, 4.69) is 46.8 Å². The third kappa shape index (κ3) is 4.17. The van der Waals surface area contributed by atoms with Gasteiger partial charge in [0.2, 0.25) is 9.76 Å². The molecule has 0 saturated heterocycles. The van der Waals surface area contributed by atoms with Crippen LogP contribution < -0.4 is 5.73 Å². The number of hydrogen-bond donors (Lipinski definition) is 1. The van der Waals surface area contributed by atoms with Gasteiger partial charge < -0.3 is 10.2 Å². The maximum Gasteiger partial charge on any atom is 0.236 e. The third-order valence-corrected chi connectivity index (χ3v) is 3.80. The van der Waals surface area contributed by atoms with Crippen molar-refractivity contribution in [3.05, 3.63) is 29.3 Å². The first-order valence-electron chi connectivity index (χ1n) is 5.93. The van der Waals surface area contributed by atoms with Crippen LogP contribution in [0.3, 0.4) is 0 Å². The zero-order valence-corrected chi connectivity index (χ0v) is 12.7. The predicted octanol–water partition coefficient (Wildman–Crippen LogP) is 3.67. The van der Waals surface area contributed by atoms with E-state index in [-0.39, 0.29) is 10.6 Å². The van der Waals surface area contributed by atoms with Gasteiger partial charge in [-0.3, -0.25) is 0 Å². The van der Waals surface area contributed by atoms with Crippen molar-refractivity contribution in [3.63, 3.8) is 0 Å². The lowest BCUT2D eigenvalue weighted by Gasteiger charge is -2.30. The molecule has 0 aliphatic rings. The van der Waals surface area contributed by atoms with E-state index in [4.69, 9.17) is 10.2 Å². The highest BCUT2D eigenvalue weighted by Crippen LogP contribution is 2.30. The zero-order valence-electron chi connectivity index (χ0n) is 11.7. The Balaban J connectivity index is 2.85. The summed E-state index contributed by atoms with van der Waals surface area (Å²) in [6, 6.07) is 6.12. The molecular weight excluding hydrogens is 226 g/mol. The van der Waals surface area contributed by atoms with Crippen molar-refractivity contribution >= 4 is 15.5 Å². The Labute approximate surface area is 108 Å². The highest BCUT2D eigenvalue weighted by molar-refractivity contribution is 6.31. The van der Waals surface area contributed by atoms with Gasteiger partial charge in [-0.1, -0.05) is 32.9 Å². The van der Waals surface area contributed by atoms with Gasteiger partial charge in [-0.2, -0.15) is 0 Å². The van der Waals surface area contributed by atoms with Gasteiger partial charge in [0.25, 0.3) is 0 Å². The molecule has 17 heavy (non-hydrogen) atoms. The van der Waals surface area contributed by atoms with Crippen LogP contribution in [0.25, 0.3) is 0 Å². The lowest BCUT2D eigenvalue weighted by Crippen LogP contribution is -2.27. The minimum Gasteiger partial charge on any atom is -0.408 e. The summed E-state index contributed by atoms with van der Waals surface area (Å²) < 4.78 is 6.06. The molecular formula is C14H23NOSi. The molecule has 0 saturated carbocycles. The van der Waals surface area contributed by atoms with Crippen LogP contribution in [-0.4, -0.2) is 9.76 Å². The van der Waals surface area contributed by atoms with Gasteiger partial charge in [-0.15, -0.1) is 0 Å². The van der Waals surface area contributed by atoms with Crippen molar-refractivity contribution in [2.24, 2.45) is 0 Å². The van der Waals surface area contributed by atoms with E-state index in [0.717, 1.165) is 11.3 Å². The number of nitrogens with two attached hydrogens (primary N) is 1. The van der Waals surface area contributed by atoms with Crippen LogP contribution >= 0.6 is 0 Å². The van der Waals surface area contributed by atoms with Crippen molar-refractivity contribution in [1.82, 2.24) is 0 Å². The van der Waals surface area contributed by atoms with E-state index in [1.165, 1.54) is 5.56 Å². The fraction of sp³-hybridized carbons (Fsp3) is 0.571. The van der Waals surface area contributed by atoms with Gasteiger partial charge in [-0.05, 0) is 43.0 Å². The lowest BCUT2D eigenvalue weighted by molar-refractivity contribution is 0.109. The second kappa shape index (κ2) is 4.82. The smallest absolute Gasteiger partial charge is 0.236 e. The normalized spacial score (nSPS) is 12.8. The summed E-state index contributed by atoms with van der Waals surface area (Å²) in [5.74, 6) is 0. The lowest BCUT2D eigenvalue weighted by atomic mass is 9.96. The monoisotopic (exact) mass is 249 g/mol. The maximum atomic E-state index is 6.06. The summed E-state index contributed by atoms with van der Waals surface area (Å²) in [6.45, 7) is 12.8. The van der Waals surface area contributed by atoms with Crippen molar-refractivity contribution in [3.8, 4) is 0 Å². The molecule has 0 spiro atoms. The van der Waals surface area contributed by atoms with Crippen LogP contribution in [0.5, 0.6) is 0 Å². The van der Waals surface area contributed by atoms with Crippen LogP contribution in [-0.2, 0) is 10.0 Å². The van der Waals surface area contributed by atoms with E-state index in [1.54, 1.807) is 0 Å². The van der Waals surface area contributed by atoms with Crippen molar-refractivity contribution in [2.75, 3.05) is 5.73 Å². The molecule has 0 atom stereocenters. The Hall–Kier alpha value is -0.803. The summed E-state index contributed by atoms with van der Waals surface area (Å²) in [7, 11) is 0.481. The number of benzene rings is 1. The van der Waals surface area contributed by atoms with E-state index in [0.29, 0.717) is 9.76 Å². The molecule has 94 valence electrons. The van der Waals surface area contributed by atoms with E-state index in [9.17, 15) is 0 Å². The molecule has 0 heterocycles. The number of hydrogen-bond acceptors (Lipinski definition) is 2. The number of nitrogen functional groups attached to an aromatic ring is 1. The molecule has 0 aliphatic carbocycles. The fourth-order valence-corrected chi connectivity index (χ4v) is 2.07. The fourth-order valence-electron chi connectivity index (χ4n) is 1.39. The molecule has 0 amide bonds. The minimum absolute atomic E-state index is 0.208. The van der Waals surface area contributed by atoms with Gasteiger partial charge in [-0.25, -0.2) is 0 Å². The summed E-state index contributed by atoms with van der Waals surface area (Å²) >= 11 is 0. The third-order valence-electron chi connectivity index (χ3n) is 2.58. The summed E-state index contributed by atoms with van der Waals surface area (Å²) in [5, 5.41) is 0.208. The average Bonchev–Trinajstić information content (AvgIpc) is 2.18. The molecule has 1 rings (SSSR count). The molecule has 2 N–H and O–H groups in total. The average molecular weight is 249 g/mol. The maximum absolute atomic E-state index is 6.06. The molecule has 0 bridgehead atoms. The Morgan fingerprint density at radius 2 is 1.71 bits per heavy atom. The van der Waals surface area contributed by atoms with Crippen LogP contribution in [0.2, 0.25) is 5.04 Å². The number of anilines is 1. The van der Waals surface area contributed by atoms with Gasteiger partial charge in [0.1, 0.15) is 0 Å². The quantitative estimate of drug-likeness (QED) is 0.655. The summed E-state index contributed by atoms with van der Waals surface area (Å²) in [6.07, 6.45) is 0. The molecule has 1 aromatic carbocycles. The Kier molecular flexibility index (Phi) is 4.05. The van der Waals surface area contributed by atoms with Crippen LogP contribution in [0.4, 0.5) is 5.69 Å². The minimum atomic E-state index is -0.260. The largest absolute Gasteiger partial charge is 0.408 e. The van der Waals surface area contributed by atoms with E-state index >= 15 is 0 Å². The van der Waals surface area contributed by atoms with Crippen molar-refractivity contribution in [1.29, 1.82) is 0 Å². The second-order valence-electron chi connectivity index (χ2n) is 6.04. The van der Waals surface area contributed by atoms with Gasteiger partial charge in [0.05, 0.1) is 5.60 Å². The molecule has 1 aromatic rings. The first-order chi connectivity index (χ1) is 7.62. The van der Waals surface area contributed by atoms with Crippen LogP contribution in [0, 0.1) is 6.92 Å². The van der Waals surface area contributed by atoms with Gasteiger partial charge in [0.15, 0.2) is 0 Å². The number of aryl methyl sites for hydroxylation is 1. The highest BCUT2D eigenvalue weighted by Gasteiger charge is 2.25. The highest BCUT2D eigenvalue weighted by atomic mass is 28.2. The van der Waals surface area contributed by atoms with E-state index < -0.39 is 0 Å². The molecule has 3 heteroatoms. The molecule has 2 nitrogen and oxygen atoms in total. The molecule has 0 unspecified atom stereocenters. The topological polar surface area (TPSA) is 35.2 Å². The Morgan fingerprint density at radius 3 is 2.18 bits per heavy atom.